The van der Waals surface area contributed by atoms with Gasteiger partial charge < -0.3 is 9.80 Å². The molecule has 0 aliphatic carbocycles. The minimum Gasteiger partial charge on any atom is -0.341 e. The lowest BCUT2D eigenvalue weighted by molar-refractivity contribution is -0.154. The number of nitrogens with zero attached hydrogens (tertiary/aromatic N) is 2. The number of carbonyl (C=O) groups excluding carboxylic acids is 2. The van der Waals surface area contributed by atoms with Crippen LogP contribution >= 0.6 is 0 Å². The van der Waals surface area contributed by atoms with Crippen LogP contribution in [0.1, 0.15) is 32.8 Å². The van der Waals surface area contributed by atoms with Gasteiger partial charge in [-0.2, -0.15) is 0 Å². The van der Waals surface area contributed by atoms with E-state index in [1.165, 1.54) is 0 Å². The first-order valence-corrected chi connectivity index (χ1v) is 10.7. The molecule has 1 unspecified atom stereocenters. The van der Waals surface area contributed by atoms with Gasteiger partial charge in [0, 0.05) is 26.2 Å². The first kappa shape index (κ1) is 20.4. The summed E-state index contributed by atoms with van der Waals surface area (Å²) in [5.41, 5.74) is -0.257. The number of rotatable bonds is 6. The highest BCUT2D eigenvalue weighted by Gasteiger charge is 2.44. The summed E-state index contributed by atoms with van der Waals surface area (Å²) in [7, 11) is -1.41. The van der Waals surface area contributed by atoms with Gasteiger partial charge in [-0.1, -0.05) is 30.3 Å². The summed E-state index contributed by atoms with van der Waals surface area (Å²) in [6, 6.07) is 9.24. The van der Waals surface area contributed by atoms with Crippen LogP contribution in [-0.2, 0) is 26.0 Å². The minimum atomic E-state index is -3.10. The van der Waals surface area contributed by atoms with E-state index in [1.807, 2.05) is 37.3 Å². The van der Waals surface area contributed by atoms with Crippen LogP contribution in [0.5, 0.6) is 0 Å². The van der Waals surface area contributed by atoms with E-state index in [2.05, 4.69) is 0 Å². The Morgan fingerprint density at radius 3 is 2.27 bits per heavy atom. The second-order valence-corrected chi connectivity index (χ2v) is 9.65. The van der Waals surface area contributed by atoms with E-state index in [9.17, 15) is 18.0 Å². The van der Waals surface area contributed by atoms with Crippen molar-refractivity contribution in [3.8, 4) is 0 Å². The van der Waals surface area contributed by atoms with Gasteiger partial charge in [0.2, 0.25) is 11.8 Å². The van der Waals surface area contributed by atoms with E-state index >= 15 is 0 Å². The van der Waals surface area contributed by atoms with Gasteiger partial charge >= 0.3 is 0 Å². The van der Waals surface area contributed by atoms with Gasteiger partial charge in [-0.15, -0.1) is 0 Å². The van der Waals surface area contributed by atoms with Crippen LogP contribution in [0.2, 0.25) is 0 Å². The van der Waals surface area contributed by atoms with Crippen molar-refractivity contribution >= 4 is 21.7 Å². The summed E-state index contributed by atoms with van der Waals surface area (Å²) in [6.07, 6.45) is 0.437. The van der Waals surface area contributed by atoms with Gasteiger partial charge in [-0.05, 0) is 32.8 Å². The standard InChI is InChI=1S/C19H28N2O4S/c1-5-21(16-11-12-26(24,25)14-16)18(23)19(2,3)17(22)20(4)13-15-9-7-6-8-10-15/h6-10,16H,5,11-14H2,1-4H3. The maximum atomic E-state index is 13.1. The van der Waals surface area contributed by atoms with Gasteiger partial charge in [0.05, 0.1) is 11.5 Å². The van der Waals surface area contributed by atoms with E-state index < -0.39 is 15.3 Å². The Morgan fingerprint density at radius 1 is 1.15 bits per heavy atom. The van der Waals surface area contributed by atoms with E-state index in [4.69, 9.17) is 0 Å². The summed E-state index contributed by atoms with van der Waals surface area (Å²) in [5.74, 6) is -0.502. The molecular formula is C19H28N2O4S. The third-order valence-corrected chi connectivity index (χ3v) is 6.68. The normalized spacial score (nSPS) is 19.2. The van der Waals surface area contributed by atoms with Crippen molar-refractivity contribution in [1.82, 2.24) is 9.80 Å². The van der Waals surface area contributed by atoms with Crippen molar-refractivity contribution in [2.75, 3.05) is 25.1 Å². The summed E-state index contributed by atoms with van der Waals surface area (Å²) >= 11 is 0. The fraction of sp³-hybridized carbons (Fsp3) is 0.579. The fourth-order valence-electron chi connectivity index (χ4n) is 3.45. The quantitative estimate of drug-likeness (QED) is 0.704. The largest absolute Gasteiger partial charge is 0.341 e. The highest BCUT2D eigenvalue weighted by atomic mass is 32.2. The lowest BCUT2D eigenvalue weighted by atomic mass is 9.88. The molecule has 1 aromatic rings. The number of carbonyl (C=O) groups is 2. The van der Waals surface area contributed by atoms with Crippen LogP contribution in [0, 0.1) is 5.41 Å². The Bertz CT molecular complexity index is 759. The number of amides is 2. The summed E-state index contributed by atoms with van der Waals surface area (Å²) in [5, 5.41) is 0. The molecule has 7 heteroatoms. The fourth-order valence-corrected chi connectivity index (χ4v) is 5.18. The van der Waals surface area contributed by atoms with E-state index in [0.29, 0.717) is 19.5 Å². The van der Waals surface area contributed by atoms with Crippen molar-refractivity contribution in [1.29, 1.82) is 0 Å². The summed E-state index contributed by atoms with van der Waals surface area (Å²) in [4.78, 5) is 29.1. The molecule has 1 saturated heterocycles. The molecule has 144 valence electrons. The monoisotopic (exact) mass is 380 g/mol. The van der Waals surface area contributed by atoms with Crippen molar-refractivity contribution in [3.05, 3.63) is 35.9 Å². The van der Waals surface area contributed by atoms with Crippen LogP contribution in [0.15, 0.2) is 30.3 Å². The van der Waals surface area contributed by atoms with Crippen molar-refractivity contribution in [2.45, 2.75) is 39.8 Å². The molecule has 0 aromatic heterocycles. The highest BCUT2D eigenvalue weighted by molar-refractivity contribution is 7.91. The van der Waals surface area contributed by atoms with E-state index in [0.717, 1.165) is 5.56 Å². The third-order valence-electron chi connectivity index (χ3n) is 4.93. The maximum Gasteiger partial charge on any atom is 0.237 e. The molecule has 6 nitrogen and oxygen atoms in total. The van der Waals surface area contributed by atoms with Crippen molar-refractivity contribution in [3.63, 3.8) is 0 Å². The third kappa shape index (κ3) is 4.44. The molecule has 2 rings (SSSR count). The number of benzene rings is 1. The number of hydrogen-bond donors (Lipinski definition) is 0. The molecule has 0 bridgehead atoms. The molecule has 1 heterocycles. The molecule has 1 atom stereocenters. The molecule has 1 fully saturated rings. The summed E-state index contributed by atoms with van der Waals surface area (Å²) in [6.45, 7) is 5.85. The van der Waals surface area contributed by atoms with Crippen LogP contribution in [0.25, 0.3) is 0 Å². The molecule has 2 amide bonds. The van der Waals surface area contributed by atoms with Gasteiger partial charge in [0.1, 0.15) is 5.41 Å². The topological polar surface area (TPSA) is 74.8 Å². The van der Waals surface area contributed by atoms with Gasteiger partial charge in [0.25, 0.3) is 0 Å². The molecule has 0 N–H and O–H groups in total. The number of sulfone groups is 1. The second kappa shape index (κ2) is 7.78. The van der Waals surface area contributed by atoms with Gasteiger partial charge in [-0.25, -0.2) is 8.42 Å². The molecule has 1 aliphatic rings. The van der Waals surface area contributed by atoms with Crippen LogP contribution in [0.4, 0.5) is 0 Å². The first-order chi connectivity index (χ1) is 12.1. The predicted octanol–water partition coefficient (Wildman–Crippen LogP) is 1.71. The minimum absolute atomic E-state index is 0.0172. The zero-order valence-electron chi connectivity index (χ0n) is 15.9. The van der Waals surface area contributed by atoms with Gasteiger partial charge in [0.15, 0.2) is 9.84 Å². The van der Waals surface area contributed by atoms with Crippen LogP contribution < -0.4 is 0 Å². The van der Waals surface area contributed by atoms with Gasteiger partial charge in [-0.3, -0.25) is 9.59 Å². The zero-order valence-corrected chi connectivity index (χ0v) is 16.8. The smallest absolute Gasteiger partial charge is 0.237 e. The molecular weight excluding hydrogens is 352 g/mol. The Balaban J connectivity index is 2.13. The lowest BCUT2D eigenvalue weighted by Crippen LogP contribution is -2.53. The Hall–Kier alpha value is -1.89. The number of hydrogen-bond acceptors (Lipinski definition) is 4. The SMILES string of the molecule is CCN(C(=O)C(C)(C)C(=O)N(C)Cc1ccccc1)C1CCS(=O)(=O)C1. The molecule has 1 aliphatic heterocycles. The Labute approximate surface area is 156 Å². The van der Waals surface area contributed by atoms with Crippen molar-refractivity contribution < 1.29 is 18.0 Å². The van der Waals surface area contributed by atoms with Crippen LogP contribution in [-0.4, -0.2) is 61.2 Å². The van der Waals surface area contributed by atoms with E-state index in [1.54, 1.807) is 30.7 Å². The van der Waals surface area contributed by atoms with Crippen LogP contribution in [0.3, 0.4) is 0 Å². The Kier molecular flexibility index (Phi) is 6.11. The van der Waals surface area contributed by atoms with Crippen molar-refractivity contribution in [2.24, 2.45) is 5.41 Å². The predicted molar refractivity (Wildman–Crippen MR) is 101 cm³/mol. The average molecular weight is 381 g/mol. The first-order valence-electron chi connectivity index (χ1n) is 8.89. The van der Waals surface area contributed by atoms with E-state index in [-0.39, 0.29) is 29.4 Å². The molecule has 0 spiro atoms. The molecule has 1 aromatic carbocycles. The maximum absolute atomic E-state index is 13.1. The Morgan fingerprint density at radius 2 is 1.77 bits per heavy atom. The lowest BCUT2D eigenvalue weighted by Gasteiger charge is -2.36. The molecule has 0 saturated carbocycles. The average Bonchev–Trinajstić information content (AvgIpc) is 2.95. The molecule has 26 heavy (non-hydrogen) atoms. The summed E-state index contributed by atoms with van der Waals surface area (Å²) < 4.78 is 23.5. The zero-order chi connectivity index (χ0) is 19.5. The second-order valence-electron chi connectivity index (χ2n) is 7.42. The molecule has 0 radical (unpaired) electrons. The highest BCUT2D eigenvalue weighted by Crippen LogP contribution is 2.27.